The van der Waals surface area contributed by atoms with Gasteiger partial charge in [-0.05, 0) is 42.1 Å². The number of likely N-dealkylation sites (N-methyl/N-ethyl adjacent to an activating group) is 1. The smallest absolute Gasteiger partial charge is 0.328 e. The van der Waals surface area contributed by atoms with E-state index in [0.717, 1.165) is 17.7 Å². The van der Waals surface area contributed by atoms with E-state index in [2.05, 4.69) is 18.4 Å². The molecule has 1 amide bonds. The fourth-order valence-electron chi connectivity index (χ4n) is 3.32. The van der Waals surface area contributed by atoms with Crippen LogP contribution < -0.4 is 0 Å². The number of benzene rings is 1. The van der Waals surface area contributed by atoms with E-state index >= 15 is 0 Å². The van der Waals surface area contributed by atoms with E-state index in [9.17, 15) is 9.59 Å². The van der Waals surface area contributed by atoms with Crippen molar-refractivity contribution < 1.29 is 14.3 Å². The zero-order valence-corrected chi connectivity index (χ0v) is 16.2. The largest absolute Gasteiger partial charge is 0.467 e. The molecular formula is C20H24N2O3S. The SMILES string of the molecule is COC(=O)C1Cc2ccccc2CN1C(=O)CN(C)Cc1sccc1C. The lowest BCUT2D eigenvalue weighted by Crippen LogP contribution is -2.51. The number of hydrogen-bond acceptors (Lipinski definition) is 5. The molecular weight excluding hydrogens is 348 g/mol. The topological polar surface area (TPSA) is 49.9 Å². The third-order valence-corrected chi connectivity index (χ3v) is 5.84. The molecule has 1 aromatic carbocycles. The number of carbonyl (C=O) groups is 2. The molecule has 138 valence electrons. The lowest BCUT2D eigenvalue weighted by atomic mass is 9.94. The van der Waals surface area contributed by atoms with Crippen LogP contribution in [-0.4, -0.2) is 48.4 Å². The number of rotatable bonds is 5. The summed E-state index contributed by atoms with van der Waals surface area (Å²) < 4.78 is 4.95. The number of ether oxygens (including phenoxy) is 1. The third-order valence-electron chi connectivity index (χ3n) is 4.83. The highest BCUT2D eigenvalue weighted by molar-refractivity contribution is 7.10. The van der Waals surface area contributed by atoms with Crippen LogP contribution in [0, 0.1) is 6.92 Å². The highest BCUT2D eigenvalue weighted by Gasteiger charge is 2.35. The number of methoxy groups -OCH3 is 1. The van der Waals surface area contributed by atoms with Crippen LogP contribution in [0.2, 0.25) is 0 Å². The maximum atomic E-state index is 12.9. The predicted octanol–water partition coefficient (Wildman–Crippen LogP) is 2.61. The van der Waals surface area contributed by atoms with E-state index in [4.69, 9.17) is 4.74 Å². The highest BCUT2D eigenvalue weighted by atomic mass is 32.1. The van der Waals surface area contributed by atoms with Crippen LogP contribution in [0.4, 0.5) is 0 Å². The van der Waals surface area contributed by atoms with Crippen molar-refractivity contribution in [1.29, 1.82) is 0 Å². The number of fused-ring (bicyclic) bond motifs is 1. The first-order valence-corrected chi connectivity index (χ1v) is 9.53. The Kier molecular flexibility index (Phi) is 5.74. The molecule has 1 aliphatic rings. The molecule has 0 aliphatic carbocycles. The molecule has 0 spiro atoms. The van der Waals surface area contributed by atoms with Gasteiger partial charge in [-0.25, -0.2) is 4.79 Å². The molecule has 2 heterocycles. The van der Waals surface area contributed by atoms with Gasteiger partial charge < -0.3 is 9.64 Å². The summed E-state index contributed by atoms with van der Waals surface area (Å²) in [5.41, 5.74) is 3.45. The summed E-state index contributed by atoms with van der Waals surface area (Å²) in [5.74, 6) is -0.406. The summed E-state index contributed by atoms with van der Waals surface area (Å²) in [5, 5.41) is 2.06. The van der Waals surface area contributed by atoms with Crippen LogP contribution >= 0.6 is 11.3 Å². The maximum Gasteiger partial charge on any atom is 0.328 e. The molecule has 3 rings (SSSR count). The monoisotopic (exact) mass is 372 g/mol. The van der Waals surface area contributed by atoms with Gasteiger partial charge in [-0.15, -0.1) is 11.3 Å². The predicted molar refractivity (Wildman–Crippen MR) is 102 cm³/mol. The van der Waals surface area contributed by atoms with Gasteiger partial charge in [0.15, 0.2) is 0 Å². The van der Waals surface area contributed by atoms with E-state index in [-0.39, 0.29) is 18.4 Å². The van der Waals surface area contributed by atoms with Gasteiger partial charge in [0.25, 0.3) is 0 Å². The number of esters is 1. The minimum absolute atomic E-state index is 0.0494. The average molecular weight is 372 g/mol. The second-order valence-electron chi connectivity index (χ2n) is 6.73. The normalized spacial score (nSPS) is 16.5. The molecule has 0 saturated carbocycles. The zero-order valence-electron chi connectivity index (χ0n) is 15.4. The van der Waals surface area contributed by atoms with E-state index in [1.165, 1.54) is 17.6 Å². The first-order valence-electron chi connectivity index (χ1n) is 8.65. The minimum atomic E-state index is -0.556. The lowest BCUT2D eigenvalue weighted by Gasteiger charge is -2.36. The van der Waals surface area contributed by atoms with Gasteiger partial charge >= 0.3 is 5.97 Å². The quantitative estimate of drug-likeness (QED) is 0.757. The Hall–Kier alpha value is -2.18. The van der Waals surface area contributed by atoms with Crippen molar-refractivity contribution in [3.63, 3.8) is 0 Å². The van der Waals surface area contributed by atoms with Gasteiger partial charge in [0.05, 0.1) is 13.7 Å². The van der Waals surface area contributed by atoms with Crippen molar-refractivity contribution in [3.05, 3.63) is 57.3 Å². The van der Waals surface area contributed by atoms with Gasteiger partial charge in [0.2, 0.25) is 5.91 Å². The zero-order chi connectivity index (χ0) is 18.7. The van der Waals surface area contributed by atoms with Crippen molar-refractivity contribution in [2.24, 2.45) is 0 Å². The van der Waals surface area contributed by atoms with E-state index < -0.39 is 6.04 Å². The van der Waals surface area contributed by atoms with Crippen LogP contribution in [-0.2, 0) is 33.8 Å². The molecule has 1 aliphatic heterocycles. The number of nitrogens with zero attached hydrogens (tertiary/aromatic N) is 2. The van der Waals surface area contributed by atoms with E-state index in [0.29, 0.717) is 13.0 Å². The minimum Gasteiger partial charge on any atom is -0.467 e. The number of amides is 1. The highest BCUT2D eigenvalue weighted by Crippen LogP contribution is 2.24. The van der Waals surface area contributed by atoms with Crippen LogP contribution in [0.25, 0.3) is 0 Å². The average Bonchev–Trinajstić information content (AvgIpc) is 3.04. The van der Waals surface area contributed by atoms with Gasteiger partial charge in [-0.3, -0.25) is 9.69 Å². The summed E-state index contributed by atoms with van der Waals surface area (Å²) in [4.78, 5) is 30.1. The first-order chi connectivity index (χ1) is 12.5. The molecule has 0 fully saturated rings. The lowest BCUT2D eigenvalue weighted by molar-refractivity contribution is -0.154. The number of aryl methyl sites for hydroxylation is 1. The van der Waals surface area contributed by atoms with Crippen molar-refractivity contribution >= 4 is 23.2 Å². The molecule has 1 atom stereocenters. The van der Waals surface area contributed by atoms with E-state index in [1.54, 1.807) is 16.2 Å². The number of thiophene rings is 1. The molecule has 0 saturated heterocycles. The standard InChI is InChI=1S/C20H24N2O3S/c1-14-8-9-26-18(14)12-21(2)13-19(23)22-11-16-7-5-4-6-15(16)10-17(22)20(24)25-3/h4-9,17H,10-13H2,1-3H3. The molecule has 5 nitrogen and oxygen atoms in total. The maximum absolute atomic E-state index is 12.9. The summed E-state index contributed by atoms with van der Waals surface area (Å²) in [6.45, 7) is 3.52. The van der Waals surface area contributed by atoms with E-state index in [1.807, 2.05) is 36.2 Å². The van der Waals surface area contributed by atoms with Gasteiger partial charge in [-0.2, -0.15) is 0 Å². The Morgan fingerprint density at radius 2 is 2.00 bits per heavy atom. The molecule has 6 heteroatoms. The molecule has 2 aromatic rings. The van der Waals surface area contributed by atoms with Crippen molar-refractivity contribution in [1.82, 2.24) is 9.80 Å². The van der Waals surface area contributed by atoms with Crippen LogP contribution in [0.3, 0.4) is 0 Å². The molecule has 0 bridgehead atoms. The molecule has 0 N–H and O–H groups in total. The van der Waals surface area contributed by atoms with Gasteiger partial charge in [0, 0.05) is 24.4 Å². The Labute approximate surface area is 158 Å². The Balaban J connectivity index is 1.73. The summed E-state index contributed by atoms with van der Waals surface area (Å²) in [6.07, 6.45) is 0.502. The second kappa shape index (κ2) is 8.01. The van der Waals surface area contributed by atoms with Crippen LogP contribution in [0.15, 0.2) is 35.7 Å². The Morgan fingerprint density at radius 3 is 2.65 bits per heavy atom. The fraction of sp³-hybridized carbons (Fsp3) is 0.400. The summed E-state index contributed by atoms with van der Waals surface area (Å²) >= 11 is 1.70. The molecule has 26 heavy (non-hydrogen) atoms. The fourth-order valence-corrected chi connectivity index (χ4v) is 4.31. The van der Waals surface area contributed by atoms with Crippen LogP contribution in [0.5, 0.6) is 0 Å². The number of hydrogen-bond donors (Lipinski definition) is 0. The van der Waals surface area contributed by atoms with Crippen molar-refractivity contribution in [2.75, 3.05) is 20.7 Å². The number of carbonyl (C=O) groups excluding carboxylic acids is 2. The molecule has 1 aromatic heterocycles. The summed E-state index contributed by atoms with van der Waals surface area (Å²) in [6, 6.07) is 9.48. The van der Waals surface area contributed by atoms with Gasteiger partial charge in [0.1, 0.15) is 6.04 Å². The Morgan fingerprint density at radius 1 is 1.27 bits per heavy atom. The van der Waals surface area contributed by atoms with Crippen LogP contribution in [0.1, 0.15) is 21.6 Å². The van der Waals surface area contributed by atoms with Crippen molar-refractivity contribution in [2.45, 2.75) is 32.5 Å². The second-order valence-corrected chi connectivity index (χ2v) is 7.73. The molecule has 0 radical (unpaired) electrons. The first kappa shape index (κ1) is 18.6. The Bertz CT molecular complexity index is 802. The van der Waals surface area contributed by atoms with Gasteiger partial charge in [-0.1, -0.05) is 24.3 Å². The molecule has 1 unspecified atom stereocenters. The third kappa shape index (κ3) is 3.97. The van der Waals surface area contributed by atoms with Crippen molar-refractivity contribution in [3.8, 4) is 0 Å². The summed E-state index contributed by atoms with van der Waals surface area (Å²) in [7, 11) is 3.30.